The fourth-order valence-electron chi connectivity index (χ4n) is 2.41. The molecule has 112 valence electrons. The number of benzene rings is 1. The summed E-state index contributed by atoms with van der Waals surface area (Å²) in [5.41, 5.74) is 0.572. The first kappa shape index (κ1) is 15.8. The molecule has 6 heteroatoms. The highest BCUT2D eigenvalue weighted by atomic mass is 79.9. The molecule has 1 saturated heterocycles. The van der Waals surface area contributed by atoms with Gasteiger partial charge in [-0.2, -0.15) is 5.26 Å². The largest absolute Gasteiger partial charge is 0.496 e. The van der Waals surface area contributed by atoms with Crippen molar-refractivity contribution in [1.29, 1.82) is 5.26 Å². The fraction of sp³-hybridized carbons (Fsp3) is 0.467. The van der Waals surface area contributed by atoms with Gasteiger partial charge in [-0.15, -0.1) is 0 Å². The molecule has 0 aromatic heterocycles. The molecule has 1 aromatic carbocycles. The molecule has 1 fully saturated rings. The first-order chi connectivity index (χ1) is 10.1. The van der Waals surface area contributed by atoms with Gasteiger partial charge < -0.3 is 9.64 Å². The van der Waals surface area contributed by atoms with Crippen molar-refractivity contribution < 1.29 is 9.53 Å². The number of hydrogen-bond donors (Lipinski definition) is 0. The zero-order chi connectivity index (χ0) is 15.4. The number of carbonyl (C=O) groups is 1. The van der Waals surface area contributed by atoms with Gasteiger partial charge in [0.25, 0.3) is 5.91 Å². The molecule has 5 nitrogen and oxygen atoms in total. The maximum absolute atomic E-state index is 12.6. The second kappa shape index (κ2) is 6.92. The average molecular weight is 352 g/mol. The van der Waals surface area contributed by atoms with Gasteiger partial charge in [0.1, 0.15) is 5.75 Å². The van der Waals surface area contributed by atoms with Crippen molar-refractivity contribution in [3.8, 4) is 11.8 Å². The van der Waals surface area contributed by atoms with Crippen LogP contribution in [-0.4, -0.2) is 55.0 Å². The molecule has 0 bridgehead atoms. The summed E-state index contributed by atoms with van der Waals surface area (Å²) in [6, 6.07) is 7.53. The maximum atomic E-state index is 12.6. The van der Waals surface area contributed by atoms with Crippen LogP contribution in [0.2, 0.25) is 0 Å². The molecule has 0 radical (unpaired) electrons. The number of carbonyl (C=O) groups excluding carboxylic acids is 1. The van der Waals surface area contributed by atoms with Crippen LogP contribution in [0.25, 0.3) is 0 Å². The van der Waals surface area contributed by atoms with E-state index in [4.69, 9.17) is 10.00 Å². The highest BCUT2D eigenvalue weighted by molar-refractivity contribution is 9.10. The lowest BCUT2D eigenvalue weighted by Crippen LogP contribution is -2.51. The molecule has 0 spiro atoms. The number of piperazine rings is 1. The Bertz CT molecular complexity index is 563. The van der Waals surface area contributed by atoms with Crippen molar-refractivity contribution >= 4 is 21.8 Å². The lowest BCUT2D eigenvalue weighted by atomic mass is 10.1. The van der Waals surface area contributed by atoms with Crippen LogP contribution in [0.4, 0.5) is 0 Å². The zero-order valence-electron chi connectivity index (χ0n) is 12.2. The van der Waals surface area contributed by atoms with E-state index in [1.165, 1.54) is 0 Å². The number of rotatable bonds is 3. The van der Waals surface area contributed by atoms with Gasteiger partial charge in [0.2, 0.25) is 0 Å². The summed E-state index contributed by atoms with van der Waals surface area (Å²) < 4.78 is 6.16. The predicted molar refractivity (Wildman–Crippen MR) is 83.2 cm³/mol. The van der Waals surface area contributed by atoms with Crippen molar-refractivity contribution in [1.82, 2.24) is 9.80 Å². The van der Waals surface area contributed by atoms with E-state index in [1.807, 2.05) is 17.9 Å². The van der Waals surface area contributed by atoms with Crippen molar-refractivity contribution in [3.05, 3.63) is 28.2 Å². The molecule has 1 amide bonds. The third kappa shape index (κ3) is 3.55. The highest BCUT2D eigenvalue weighted by Gasteiger charge is 2.26. The van der Waals surface area contributed by atoms with E-state index < -0.39 is 0 Å². The monoisotopic (exact) mass is 351 g/mol. The Morgan fingerprint density at radius 3 is 2.62 bits per heavy atom. The van der Waals surface area contributed by atoms with E-state index in [-0.39, 0.29) is 11.9 Å². The van der Waals surface area contributed by atoms with Crippen molar-refractivity contribution in [3.63, 3.8) is 0 Å². The Morgan fingerprint density at radius 1 is 1.38 bits per heavy atom. The van der Waals surface area contributed by atoms with Gasteiger partial charge in [0.05, 0.1) is 24.8 Å². The number of nitrogens with zero attached hydrogens (tertiary/aromatic N) is 3. The van der Waals surface area contributed by atoms with E-state index in [9.17, 15) is 4.79 Å². The number of ether oxygens (including phenoxy) is 1. The minimum Gasteiger partial charge on any atom is -0.496 e. The normalized spacial score (nSPS) is 17.1. The minimum absolute atomic E-state index is 0.0244. The zero-order valence-corrected chi connectivity index (χ0v) is 13.8. The summed E-state index contributed by atoms with van der Waals surface area (Å²) in [5, 5.41) is 8.94. The number of hydrogen-bond acceptors (Lipinski definition) is 4. The summed E-state index contributed by atoms with van der Waals surface area (Å²) >= 11 is 3.37. The number of halogens is 1. The molecule has 0 N–H and O–H groups in total. The third-order valence-electron chi connectivity index (χ3n) is 3.73. The molecule has 1 aliphatic rings. The molecule has 1 heterocycles. The van der Waals surface area contributed by atoms with E-state index in [0.29, 0.717) is 24.4 Å². The summed E-state index contributed by atoms with van der Waals surface area (Å²) in [5.74, 6) is 0.547. The standard InChI is InChI=1S/C15H18BrN3O2/c1-11(10-17)18-5-7-19(8-6-18)15(20)13-4-3-12(16)9-14(13)21-2/h3-4,9,11H,5-8H2,1-2H3. The molecular formula is C15H18BrN3O2. The molecule has 1 aliphatic heterocycles. The molecular weight excluding hydrogens is 334 g/mol. The minimum atomic E-state index is -0.107. The van der Waals surface area contributed by atoms with Crippen LogP contribution in [-0.2, 0) is 0 Å². The van der Waals surface area contributed by atoms with E-state index in [0.717, 1.165) is 17.6 Å². The van der Waals surface area contributed by atoms with Crippen LogP contribution in [0.1, 0.15) is 17.3 Å². The quantitative estimate of drug-likeness (QED) is 0.836. The lowest BCUT2D eigenvalue weighted by molar-refractivity contribution is 0.0612. The Morgan fingerprint density at radius 2 is 2.05 bits per heavy atom. The van der Waals surface area contributed by atoms with Crippen LogP contribution in [0.3, 0.4) is 0 Å². The summed E-state index contributed by atoms with van der Waals surface area (Å²) in [7, 11) is 1.56. The van der Waals surface area contributed by atoms with Crippen LogP contribution < -0.4 is 4.74 Å². The van der Waals surface area contributed by atoms with Crippen LogP contribution >= 0.6 is 15.9 Å². The lowest BCUT2D eigenvalue weighted by Gasteiger charge is -2.36. The molecule has 1 atom stereocenters. The first-order valence-corrected chi connectivity index (χ1v) is 7.62. The molecule has 2 rings (SSSR count). The summed E-state index contributed by atoms with van der Waals surface area (Å²) in [4.78, 5) is 16.5. The van der Waals surface area contributed by atoms with E-state index in [1.54, 1.807) is 19.2 Å². The van der Waals surface area contributed by atoms with Gasteiger partial charge in [-0.3, -0.25) is 9.69 Å². The highest BCUT2D eigenvalue weighted by Crippen LogP contribution is 2.25. The van der Waals surface area contributed by atoms with Gasteiger partial charge in [-0.1, -0.05) is 15.9 Å². The molecule has 1 aromatic rings. The van der Waals surface area contributed by atoms with Gasteiger partial charge in [0, 0.05) is 30.7 Å². The van der Waals surface area contributed by atoms with Crippen molar-refractivity contribution in [2.24, 2.45) is 0 Å². The van der Waals surface area contributed by atoms with Crippen LogP contribution in [0, 0.1) is 11.3 Å². The van der Waals surface area contributed by atoms with Crippen molar-refractivity contribution in [2.75, 3.05) is 33.3 Å². The van der Waals surface area contributed by atoms with Gasteiger partial charge in [-0.05, 0) is 25.1 Å². The third-order valence-corrected chi connectivity index (χ3v) is 4.22. The van der Waals surface area contributed by atoms with Gasteiger partial charge in [-0.25, -0.2) is 0 Å². The molecule has 0 aliphatic carbocycles. The van der Waals surface area contributed by atoms with E-state index >= 15 is 0 Å². The SMILES string of the molecule is COc1cc(Br)ccc1C(=O)N1CCN(C(C)C#N)CC1. The Labute approximate surface area is 133 Å². The fourth-order valence-corrected chi connectivity index (χ4v) is 2.75. The van der Waals surface area contributed by atoms with Crippen molar-refractivity contribution in [2.45, 2.75) is 13.0 Å². The summed E-state index contributed by atoms with van der Waals surface area (Å²) in [6.07, 6.45) is 0. The average Bonchev–Trinajstić information content (AvgIpc) is 2.53. The number of methoxy groups -OCH3 is 1. The topological polar surface area (TPSA) is 56.6 Å². The van der Waals surface area contributed by atoms with E-state index in [2.05, 4.69) is 26.9 Å². The number of nitriles is 1. The van der Waals surface area contributed by atoms with Crippen LogP contribution in [0.15, 0.2) is 22.7 Å². The Kier molecular flexibility index (Phi) is 5.21. The van der Waals surface area contributed by atoms with Gasteiger partial charge >= 0.3 is 0 Å². The smallest absolute Gasteiger partial charge is 0.257 e. The van der Waals surface area contributed by atoms with Gasteiger partial charge in [0.15, 0.2) is 0 Å². The molecule has 1 unspecified atom stereocenters. The molecule has 21 heavy (non-hydrogen) atoms. The maximum Gasteiger partial charge on any atom is 0.257 e. The number of amides is 1. The van der Waals surface area contributed by atoms with Crippen LogP contribution in [0.5, 0.6) is 5.75 Å². The predicted octanol–water partition coefficient (Wildman–Crippen LogP) is 2.13. The molecule has 0 saturated carbocycles. The Balaban J connectivity index is 2.07. The summed E-state index contributed by atoms with van der Waals surface area (Å²) in [6.45, 7) is 4.59. The Hall–Kier alpha value is -1.58. The second-order valence-electron chi connectivity index (χ2n) is 4.98. The first-order valence-electron chi connectivity index (χ1n) is 6.83. The second-order valence-corrected chi connectivity index (χ2v) is 5.89.